The molecule has 1 heterocycles. The van der Waals surface area contributed by atoms with Crippen molar-refractivity contribution in [2.45, 2.75) is 39.0 Å². The van der Waals surface area contributed by atoms with Crippen molar-refractivity contribution in [3.8, 4) is 11.5 Å². The molecule has 0 bridgehead atoms. The molecule has 0 N–H and O–H groups in total. The first-order valence-electron chi connectivity index (χ1n) is 10.4. The van der Waals surface area contributed by atoms with E-state index >= 15 is 0 Å². The molecule has 2 aliphatic rings. The van der Waals surface area contributed by atoms with Gasteiger partial charge in [-0.05, 0) is 48.2 Å². The van der Waals surface area contributed by atoms with Gasteiger partial charge in [-0.3, -0.25) is 14.5 Å². The van der Waals surface area contributed by atoms with E-state index in [2.05, 4.69) is 0 Å². The smallest absolute Gasteiger partial charge is 0.232 e. The first-order chi connectivity index (χ1) is 15.1. The minimum atomic E-state index is -0.562. The number of carbonyl (C=O) groups excluding carboxylic acids is 2. The molecule has 32 heavy (non-hydrogen) atoms. The van der Waals surface area contributed by atoms with Gasteiger partial charge in [-0.1, -0.05) is 25.4 Å². The predicted molar refractivity (Wildman–Crippen MR) is 121 cm³/mol. The summed E-state index contributed by atoms with van der Waals surface area (Å²) in [4.78, 5) is 28.4. The zero-order chi connectivity index (χ0) is 23.2. The fourth-order valence-electron chi connectivity index (χ4n) is 4.72. The van der Waals surface area contributed by atoms with Gasteiger partial charge in [0.1, 0.15) is 17.3 Å². The van der Waals surface area contributed by atoms with Crippen molar-refractivity contribution in [1.29, 1.82) is 0 Å². The molecule has 1 aliphatic carbocycles. The van der Waals surface area contributed by atoms with E-state index in [1.165, 1.54) is 23.1 Å². The third kappa shape index (κ3) is 3.88. The number of allylic oxidation sites excluding steroid dienone is 2. The third-order valence-electron chi connectivity index (χ3n) is 6.12. The number of ketones is 1. The number of carbonyl (C=O) groups is 2. The van der Waals surface area contributed by atoms with Crippen LogP contribution in [0.2, 0.25) is 5.02 Å². The Labute approximate surface area is 191 Å². The van der Waals surface area contributed by atoms with Gasteiger partial charge in [-0.25, -0.2) is 4.39 Å². The lowest BCUT2D eigenvalue weighted by Gasteiger charge is -2.43. The standard InChI is InChI=1S/C25H25ClFNO4/c1-25(2)12-20-24(21(29)13-25)17(16-10-15(31-3)6-8-22(16)32-4)11-23(30)28(20)14-5-7-19(27)18(26)9-14/h5-10,17H,11-13H2,1-4H3. The molecule has 1 atom stereocenters. The van der Waals surface area contributed by atoms with Gasteiger partial charge < -0.3 is 9.47 Å². The van der Waals surface area contributed by atoms with E-state index in [0.717, 1.165) is 5.56 Å². The minimum absolute atomic E-state index is 0.00293. The first kappa shape index (κ1) is 22.3. The summed E-state index contributed by atoms with van der Waals surface area (Å²) in [6.07, 6.45) is 0.974. The quantitative estimate of drug-likeness (QED) is 0.594. The topological polar surface area (TPSA) is 55.8 Å². The summed E-state index contributed by atoms with van der Waals surface area (Å²) in [6.45, 7) is 4.01. The van der Waals surface area contributed by atoms with Crippen LogP contribution in [0.4, 0.5) is 10.1 Å². The third-order valence-corrected chi connectivity index (χ3v) is 6.41. The van der Waals surface area contributed by atoms with E-state index in [1.807, 2.05) is 19.9 Å². The number of rotatable bonds is 4. The minimum Gasteiger partial charge on any atom is -0.497 e. The SMILES string of the molecule is COc1ccc(OC)c(C2CC(=O)N(c3ccc(F)c(Cl)c3)C3=C2C(=O)CC(C)(C)C3)c1. The molecule has 4 rings (SSSR count). The number of benzene rings is 2. The van der Waals surface area contributed by atoms with Crippen LogP contribution in [0, 0.1) is 11.2 Å². The van der Waals surface area contributed by atoms with Crippen LogP contribution in [0.3, 0.4) is 0 Å². The van der Waals surface area contributed by atoms with E-state index in [9.17, 15) is 14.0 Å². The highest BCUT2D eigenvalue weighted by molar-refractivity contribution is 6.31. The Hall–Kier alpha value is -2.86. The molecule has 5 nitrogen and oxygen atoms in total. The van der Waals surface area contributed by atoms with Crippen LogP contribution in [-0.4, -0.2) is 25.9 Å². The van der Waals surface area contributed by atoms with Crippen molar-refractivity contribution in [2.24, 2.45) is 5.41 Å². The lowest BCUT2D eigenvalue weighted by atomic mass is 9.69. The summed E-state index contributed by atoms with van der Waals surface area (Å²) in [7, 11) is 3.13. The van der Waals surface area contributed by atoms with Crippen LogP contribution in [-0.2, 0) is 9.59 Å². The number of methoxy groups -OCH3 is 2. The Balaban J connectivity index is 1.93. The van der Waals surface area contributed by atoms with E-state index in [-0.39, 0.29) is 28.5 Å². The molecule has 1 unspecified atom stereocenters. The molecule has 2 aromatic carbocycles. The number of anilines is 1. The van der Waals surface area contributed by atoms with Crippen molar-refractivity contribution in [3.05, 3.63) is 64.1 Å². The highest BCUT2D eigenvalue weighted by Crippen LogP contribution is 2.50. The van der Waals surface area contributed by atoms with E-state index in [4.69, 9.17) is 21.1 Å². The Kier molecular flexibility index (Phi) is 5.76. The second kappa shape index (κ2) is 8.24. The average Bonchev–Trinajstić information content (AvgIpc) is 2.73. The van der Waals surface area contributed by atoms with Crippen molar-refractivity contribution >= 4 is 29.0 Å². The number of Topliss-reactive ketones (excluding diaryl/α,β-unsaturated/α-hetero) is 1. The number of ether oxygens (including phenoxy) is 2. The van der Waals surface area contributed by atoms with Crippen molar-refractivity contribution < 1.29 is 23.5 Å². The molecule has 0 aromatic heterocycles. The Bertz CT molecular complexity index is 1140. The summed E-state index contributed by atoms with van der Waals surface area (Å²) >= 11 is 6.01. The molecule has 0 saturated heterocycles. The molecular weight excluding hydrogens is 433 g/mol. The van der Waals surface area contributed by atoms with Gasteiger partial charge in [0.2, 0.25) is 5.91 Å². The summed E-state index contributed by atoms with van der Waals surface area (Å²) in [5.41, 5.74) is 2.10. The van der Waals surface area contributed by atoms with Gasteiger partial charge >= 0.3 is 0 Å². The van der Waals surface area contributed by atoms with Gasteiger partial charge in [0.05, 0.1) is 24.9 Å². The largest absolute Gasteiger partial charge is 0.497 e. The average molecular weight is 458 g/mol. The highest BCUT2D eigenvalue weighted by atomic mass is 35.5. The molecular formula is C25H25ClFNO4. The number of hydrogen-bond donors (Lipinski definition) is 0. The number of nitrogens with zero attached hydrogens (tertiary/aromatic N) is 1. The molecule has 168 valence electrons. The first-order valence-corrected chi connectivity index (χ1v) is 10.8. The van der Waals surface area contributed by atoms with Crippen molar-refractivity contribution in [3.63, 3.8) is 0 Å². The number of amides is 1. The zero-order valence-electron chi connectivity index (χ0n) is 18.5. The summed E-state index contributed by atoms with van der Waals surface area (Å²) in [5.74, 6) is -0.00633. The maximum absolute atomic E-state index is 13.8. The molecule has 0 spiro atoms. The summed E-state index contributed by atoms with van der Waals surface area (Å²) < 4.78 is 24.7. The lowest BCUT2D eigenvalue weighted by molar-refractivity contribution is -0.121. The zero-order valence-corrected chi connectivity index (χ0v) is 19.3. The Morgan fingerprint density at radius 2 is 1.81 bits per heavy atom. The maximum atomic E-state index is 13.8. The van der Waals surface area contributed by atoms with Crippen LogP contribution in [0.25, 0.3) is 0 Å². The monoisotopic (exact) mass is 457 g/mol. The van der Waals surface area contributed by atoms with Gasteiger partial charge in [-0.2, -0.15) is 0 Å². The molecule has 1 amide bonds. The van der Waals surface area contributed by atoms with Crippen LogP contribution in [0.15, 0.2) is 47.7 Å². The fraction of sp³-hybridized carbons (Fsp3) is 0.360. The summed E-state index contributed by atoms with van der Waals surface area (Å²) in [6, 6.07) is 9.56. The van der Waals surface area contributed by atoms with Gasteiger partial charge in [0, 0.05) is 35.6 Å². The maximum Gasteiger partial charge on any atom is 0.232 e. The molecule has 2 aromatic rings. The van der Waals surface area contributed by atoms with Crippen molar-refractivity contribution in [1.82, 2.24) is 0 Å². The van der Waals surface area contributed by atoms with E-state index in [0.29, 0.717) is 41.3 Å². The molecule has 0 saturated carbocycles. The van der Waals surface area contributed by atoms with Crippen LogP contribution >= 0.6 is 11.6 Å². The van der Waals surface area contributed by atoms with E-state index in [1.54, 1.807) is 26.4 Å². The number of hydrogen-bond acceptors (Lipinski definition) is 4. The van der Waals surface area contributed by atoms with E-state index < -0.39 is 11.7 Å². The van der Waals surface area contributed by atoms with Crippen LogP contribution in [0.1, 0.15) is 44.6 Å². The molecule has 7 heteroatoms. The Morgan fingerprint density at radius 1 is 1.06 bits per heavy atom. The van der Waals surface area contributed by atoms with Crippen LogP contribution in [0.5, 0.6) is 11.5 Å². The van der Waals surface area contributed by atoms with Gasteiger partial charge in [0.15, 0.2) is 5.78 Å². The molecule has 0 radical (unpaired) electrons. The fourth-order valence-corrected chi connectivity index (χ4v) is 4.89. The van der Waals surface area contributed by atoms with Gasteiger partial charge in [-0.15, -0.1) is 0 Å². The lowest BCUT2D eigenvalue weighted by Crippen LogP contribution is -2.43. The van der Waals surface area contributed by atoms with Crippen LogP contribution < -0.4 is 14.4 Å². The second-order valence-corrected chi connectivity index (χ2v) is 9.40. The predicted octanol–water partition coefficient (Wildman–Crippen LogP) is 5.66. The molecule has 1 aliphatic heterocycles. The summed E-state index contributed by atoms with van der Waals surface area (Å²) in [5, 5.41) is -0.0737. The Morgan fingerprint density at radius 3 is 2.47 bits per heavy atom. The normalized spacial score (nSPS) is 20.3. The van der Waals surface area contributed by atoms with Crippen molar-refractivity contribution in [2.75, 3.05) is 19.1 Å². The molecule has 0 fully saturated rings. The second-order valence-electron chi connectivity index (χ2n) is 8.99. The number of halogens is 2. The highest BCUT2D eigenvalue weighted by Gasteiger charge is 2.45. The van der Waals surface area contributed by atoms with Gasteiger partial charge in [0.25, 0.3) is 0 Å².